The van der Waals surface area contributed by atoms with Gasteiger partial charge in [0.1, 0.15) is 19.8 Å². The van der Waals surface area contributed by atoms with Crippen LogP contribution in [0, 0.1) is 0 Å². The van der Waals surface area contributed by atoms with Crippen molar-refractivity contribution in [2.24, 2.45) is 0 Å². The number of unbranched alkanes of at least 4 members (excludes halogenated alkanes) is 33. The van der Waals surface area contributed by atoms with Gasteiger partial charge in [-0.25, -0.2) is 0 Å². The minimum absolute atomic E-state index is 0.0312. The van der Waals surface area contributed by atoms with E-state index in [0.717, 1.165) is 57.8 Å². The van der Waals surface area contributed by atoms with E-state index in [9.17, 15) is 19.0 Å². The minimum Gasteiger partial charge on any atom is -0.756 e. The molecule has 0 bridgehead atoms. The summed E-state index contributed by atoms with van der Waals surface area (Å²) in [4.78, 5) is 37.8. The van der Waals surface area contributed by atoms with Crippen molar-refractivity contribution >= 4 is 19.8 Å². The molecular weight excluding hydrogens is 870 g/mol. The van der Waals surface area contributed by atoms with Gasteiger partial charge in [0.2, 0.25) is 0 Å². The molecule has 9 nitrogen and oxygen atoms in total. The van der Waals surface area contributed by atoms with Crippen LogP contribution in [-0.4, -0.2) is 70.0 Å². The predicted octanol–water partition coefficient (Wildman–Crippen LogP) is 17.0. The third kappa shape index (κ3) is 53.6. The van der Waals surface area contributed by atoms with Gasteiger partial charge >= 0.3 is 11.9 Å². The Morgan fingerprint density at radius 1 is 0.456 bits per heavy atom. The van der Waals surface area contributed by atoms with E-state index in [4.69, 9.17) is 18.5 Å². The molecule has 0 saturated heterocycles. The maximum Gasteiger partial charge on any atom is 0.306 e. The first-order chi connectivity index (χ1) is 33.0. The van der Waals surface area contributed by atoms with Crippen LogP contribution >= 0.6 is 7.82 Å². The van der Waals surface area contributed by atoms with Gasteiger partial charge in [-0.3, -0.25) is 14.2 Å². The fourth-order valence-corrected chi connectivity index (χ4v) is 8.92. The van der Waals surface area contributed by atoms with E-state index in [-0.39, 0.29) is 32.0 Å². The standard InChI is InChI=1S/C58H110NO8P/c1-6-8-10-12-14-16-18-20-22-24-26-28-29-31-33-35-37-39-41-43-45-47-49-51-58(61)67-56(55-66-68(62,63)65-53-52-59(3,4)5)54-64-57(60)50-48-46-44-42-40-38-36-34-32-30-27-25-23-21-19-17-15-13-11-9-7-2/h18,20,24,26,29,31,56H,6-17,19,21-23,25,27-28,30,32-55H2,1-5H3/b20-18-,26-24-,31-29-. The molecule has 10 heteroatoms. The van der Waals surface area contributed by atoms with Crippen LogP contribution in [0.4, 0.5) is 0 Å². The van der Waals surface area contributed by atoms with Gasteiger partial charge in [0.15, 0.2) is 6.10 Å². The summed E-state index contributed by atoms with van der Waals surface area (Å²) in [5, 5.41) is 0. The molecular formula is C58H110NO8P. The molecule has 2 unspecified atom stereocenters. The van der Waals surface area contributed by atoms with Gasteiger partial charge in [0.05, 0.1) is 27.7 Å². The van der Waals surface area contributed by atoms with Crippen LogP contribution in [0.1, 0.15) is 271 Å². The molecule has 0 aliphatic rings. The number of rotatable bonds is 53. The summed E-state index contributed by atoms with van der Waals surface area (Å²) < 4.78 is 34.2. The number of allylic oxidation sites excluding steroid dienone is 6. The SMILES string of the molecule is CCCCCCC/C=C\C/C=C\C/C=C\CCCCCCCCCCC(=O)OC(COC(=O)CCCCCCCCCCCCCCCCCCCCCCC)COP(=O)([O-])OCC[N+](C)(C)C. The minimum atomic E-state index is -4.63. The second-order valence-corrected chi connectivity index (χ2v) is 22.1. The molecule has 68 heavy (non-hydrogen) atoms. The van der Waals surface area contributed by atoms with Gasteiger partial charge < -0.3 is 27.9 Å². The first-order valence-electron chi connectivity index (χ1n) is 28.7. The molecule has 0 aliphatic heterocycles. The second-order valence-electron chi connectivity index (χ2n) is 20.7. The number of phosphoric acid groups is 1. The molecule has 0 heterocycles. The van der Waals surface area contributed by atoms with Gasteiger partial charge in [-0.15, -0.1) is 0 Å². The molecule has 0 spiro atoms. The van der Waals surface area contributed by atoms with E-state index in [1.165, 1.54) is 180 Å². The summed E-state index contributed by atoms with van der Waals surface area (Å²) in [5.41, 5.74) is 0. The Kier molecular flexibility index (Phi) is 48.9. The number of hydrogen-bond donors (Lipinski definition) is 0. The number of phosphoric ester groups is 1. The summed E-state index contributed by atoms with van der Waals surface area (Å²) >= 11 is 0. The van der Waals surface area contributed by atoms with Crippen LogP contribution in [0.3, 0.4) is 0 Å². The van der Waals surface area contributed by atoms with Crippen molar-refractivity contribution in [2.75, 3.05) is 47.5 Å². The normalized spacial score (nSPS) is 13.6. The number of hydrogen-bond acceptors (Lipinski definition) is 8. The summed E-state index contributed by atoms with van der Waals surface area (Å²) in [6.07, 6.45) is 60.4. The maximum atomic E-state index is 12.8. The first-order valence-corrected chi connectivity index (χ1v) is 30.2. The molecule has 0 amide bonds. The van der Waals surface area contributed by atoms with Crippen molar-refractivity contribution < 1.29 is 42.1 Å². The van der Waals surface area contributed by atoms with Crippen LogP contribution < -0.4 is 4.89 Å². The first kappa shape index (κ1) is 66.2. The Bertz CT molecular complexity index is 1250. The summed E-state index contributed by atoms with van der Waals surface area (Å²) in [6.45, 7) is 4.26. The van der Waals surface area contributed by atoms with Gasteiger partial charge in [0.25, 0.3) is 7.82 Å². The average molecular weight is 980 g/mol. The lowest BCUT2D eigenvalue weighted by atomic mass is 10.0. The van der Waals surface area contributed by atoms with E-state index in [1.807, 2.05) is 21.1 Å². The summed E-state index contributed by atoms with van der Waals surface area (Å²) in [6, 6.07) is 0. The largest absolute Gasteiger partial charge is 0.756 e. The Morgan fingerprint density at radius 2 is 0.794 bits per heavy atom. The molecule has 0 aromatic carbocycles. The van der Waals surface area contributed by atoms with E-state index in [1.54, 1.807) is 0 Å². The Morgan fingerprint density at radius 3 is 1.18 bits per heavy atom. The molecule has 0 fully saturated rings. The average Bonchev–Trinajstić information content (AvgIpc) is 3.30. The number of quaternary nitrogens is 1. The molecule has 0 aromatic rings. The van der Waals surface area contributed by atoms with E-state index >= 15 is 0 Å². The number of carbonyl (C=O) groups is 2. The van der Waals surface area contributed by atoms with Crippen molar-refractivity contribution in [3.63, 3.8) is 0 Å². The lowest BCUT2D eigenvalue weighted by Crippen LogP contribution is -2.37. The zero-order valence-corrected chi connectivity index (χ0v) is 46.2. The molecule has 2 atom stereocenters. The summed E-state index contributed by atoms with van der Waals surface area (Å²) in [7, 11) is 1.17. The van der Waals surface area contributed by atoms with Gasteiger partial charge in [-0.05, 0) is 51.4 Å². The van der Waals surface area contributed by atoms with E-state index in [2.05, 4.69) is 50.3 Å². The second kappa shape index (κ2) is 50.2. The third-order valence-electron chi connectivity index (χ3n) is 12.7. The van der Waals surface area contributed by atoms with Gasteiger partial charge in [-0.1, -0.05) is 243 Å². The van der Waals surface area contributed by atoms with Gasteiger partial charge in [-0.2, -0.15) is 0 Å². The molecule has 0 aliphatic carbocycles. The van der Waals surface area contributed by atoms with Gasteiger partial charge in [0, 0.05) is 12.8 Å². The summed E-state index contributed by atoms with van der Waals surface area (Å²) in [5.74, 6) is -0.829. The van der Waals surface area contributed by atoms with Crippen LogP contribution in [-0.2, 0) is 32.7 Å². The van der Waals surface area contributed by atoms with Crippen LogP contribution in [0.25, 0.3) is 0 Å². The smallest absolute Gasteiger partial charge is 0.306 e. The lowest BCUT2D eigenvalue weighted by molar-refractivity contribution is -0.870. The molecule has 400 valence electrons. The highest BCUT2D eigenvalue weighted by Gasteiger charge is 2.22. The van der Waals surface area contributed by atoms with Crippen molar-refractivity contribution in [1.29, 1.82) is 0 Å². The molecule has 0 saturated carbocycles. The van der Waals surface area contributed by atoms with Crippen molar-refractivity contribution in [3.8, 4) is 0 Å². The highest BCUT2D eigenvalue weighted by atomic mass is 31.2. The number of likely N-dealkylation sites (N-methyl/N-ethyl adjacent to an activating group) is 1. The van der Waals surface area contributed by atoms with Crippen LogP contribution in [0.5, 0.6) is 0 Å². The van der Waals surface area contributed by atoms with Crippen LogP contribution in [0.15, 0.2) is 36.5 Å². The molecule has 0 N–H and O–H groups in total. The number of ether oxygens (including phenoxy) is 2. The topological polar surface area (TPSA) is 111 Å². The van der Waals surface area contributed by atoms with Crippen molar-refractivity contribution in [1.82, 2.24) is 0 Å². The predicted molar refractivity (Wildman–Crippen MR) is 287 cm³/mol. The number of esters is 2. The Balaban J connectivity index is 4.18. The monoisotopic (exact) mass is 980 g/mol. The fourth-order valence-electron chi connectivity index (χ4n) is 8.19. The molecule has 0 rings (SSSR count). The third-order valence-corrected chi connectivity index (χ3v) is 13.6. The van der Waals surface area contributed by atoms with Crippen molar-refractivity contribution in [2.45, 2.75) is 277 Å². The van der Waals surface area contributed by atoms with Crippen molar-refractivity contribution in [3.05, 3.63) is 36.5 Å². The quantitative estimate of drug-likeness (QED) is 0.0195. The lowest BCUT2D eigenvalue weighted by Gasteiger charge is -2.28. The van der Waals surface area contributed by atoms with E-state index in [0.29, 0.717) is 17.4 Å². The zero-order valence-electron chi connectivity index (χ0n) is 45.3. The Labute approximate surface area is 421 Å². The maximum absolute atomic E-state index is 12.8. The number of nitrogens with zero attached hydrogens (tertiary/aromatic N) is 1. The molecule has 0 aromatic heterocycles. The Hall–Kier alpha value is -1.77. The highest BCUT2D eigenvalue weighted by Crippen LogP contribution is 2.38. The highest BCUT2D eigenvalue weighted by molar-refractivity contribution is 7.45. The zero-order chi connectivity index (χ0) is 49.9. The number of carbonyl (C=O) groups excluding carboxylic acids is 2. The van der Waals surface area contributed by atoms with Crippen LogP contribution in [0.2, 0.25) is 0 Å². The molecule has 0 radical (unpaired) electrons. The van der Waals surface area contributed by atoms with E-state index < -0.39 is 26.5 Å². The fraction of sp³-hybridized carbons (Fsp3) is 0.862.